The highest BCUT2D eigenvalue weighted by Crippen LogP contribution is 2.19. The molecule has 0 spiro atoms. The van der Waals surface area contributed by atoms with Gasteiger partial charge < -0.3 is 10.6 Å². The summed E-state index contributed by atoms with van der Waals surface area (Å²) in [4.78, 5) is 16.7. The molecule has 1 heterocycles. The third kappa shape index (κ3) is 4.89. The van der Waals surface area contributed by atoms with Gasteiger partial charge in [-0.2, -0.15) is 0 Å². The Morgan fingerprint density at radius 2 is 1.81 bits per heavy atom. The van der Waals surface area contributed by atoms with Crippen LogP contribution >= 0.6 is 0 Å². The highest BCUT2D eigenvalue weighted by Gasteiger charge is 2.17. The zero-order valence-corrected chi connectivity index (χ0v) is 14.2. The van der Waals surface area contributed by atoms with Crippen LogP contribution in [-0.2, 0) is 6.42 Å². The van der Waals surface area contributed by atoms with Crippen LogP contribution in [0.1, 0.15) is 22.9 Å². The van der Waals surface area contributed by atoms with E-state index in [0.29, 0.717) is 13.0 Å². The fourth-order valence-corrected chi connectivity index (χ4v) is 2.72. The fraction of sp³-hybridized carbons (Fsp3) is 0.143. The first-order valence-corrected chi connectivity index (χ1v) is 8.47. The lowest BCUT2D eigenvalue weighted by Gasteiger charge is -2.19. The lowest BCUT2D eigenvalue weighted by molar-refractivity contribution is 0.238. The van der Waals surface area contributed by atoms with E-state index in [-0.39, 0.29) is 17.9 Å². The maximum Gasteiger partial charge on any atom is 0.315 e. The van der Waals surface area contributed by atoms with E-state index in [4.69, 9.17) is 0 Å². The number of nitrogens with one attached hydrogen (secondary N) is 2. The molecule has 5 heteroatoms. The van der Waals surface area contributed by atoms with Crippen molar-refractivity contribution in [3.8, 4) is 0 Å². The molecule has 0 radical (unpaired) electrons. The number of carbonyl (C=O) groups excluding carboxylic acids is 1. The van der Waals surface area contributed by atoms with Crippen molar-refractivity contribution in [2.24, 2.45) is 0 Å². The maximum absolute atomic E-state index is 13.2. The number of hydrogen-bond donors (Lipinski definition) is 2. The molecule has 4 nitrogen and oxygen atoms in total. The van der Waals surface area contributed by atoms with E-state index in [2.05, 4.69) is 15.6 Å². The zero-order valence-electron chi connectivity index (χ0n) is 14.2. The van der Waals surface area contributed by atoms with Crippen LogP contribution in [-0.4, -0.2) is 17.6 Å². The SMILES string of the molecule is O=C(NCCc1cccc(F)c1)N[C@H](c1ccccc1)c1ccccn1. The quantitative estimate of drug-likeness (QED) is 0.710. The van der Waals surface area contributed by atoms with E-state index in [1.807, 2.05) is 54.6 Å². The Bertz CT molecular complexity index is 801. The molecule has 2 aromatic carbocycles. The smallest absolute Gasteiger partial charge is 0.315 e. The van der Waals surface area contributed by atoms with Gasteiger partial charge >= 0.3 is 6.03 Å². The van der Waals surface area contributed by atoms with Crippen LogP contribution in [0.4, 0.5) is 9.18 Å². The number of nitrogens with zero attached hydrogens (tertiary/aromatic N) is 1. The minimum Gasteiger partial charge on any atom is -0.338 e. The molecule has 0 bridgehead atoms. The van der Waals surface area contributed by atoms with Crippen molar-refractivity contribution in [3.05, 3.63) is 102 Å². The lowest BCUT2D eigenvalue weighted by Crippen LogP contribution is -2.39. The van der Waals surface area contributed by atoms with Gasteiger partial charge in [-0.1, -0.05) is 48.5 Å². The van der Waals surface area contributed by atoms with Crippen LogP contribution < -0.4 is 10.6 Å². The molecule has 0 unspecified atom stereocenters. The lowest BCUT2D eigenvalue weighted by atomic mass is 10.0. The average molecular weight is 349 g/mol. The molecular weight excluding hydrogens is 329 g/mol. The molecule has 3 rings (SSSR count). The van der Waals surface area contributed by atoms with Crippen LogP contribution in [0, 0.1) is 5.82 Å². The van der Waals surface area contributed by atoms with Crippen molar-refractivity contribution in [1.82, 2.24) is 15.6 Å². The molecular formula is C21H20FN3O. The average Bonchev–Trinajstić information content (AvgIpc) is 2.67. The van der Waals surface area contributed by atoms with Crippen LogP contribution in [0.3, 0.4) is 0 Å². The Hall–Kier alpha value is -3.21. The summed E-state index contributed by atoms with van der Waals surface area (Å²) < 4.78 is 13.2. The van der Waals surface area contributed by atoms with Crippen molar-refractivity contribution >= 4 is 6.03 Å². The Labute approximate surface area is 152 Å². The van der Waals surface area contributed by atoms with Crippen molar-refractivity contribution in [3.63, 3.8) is 0 Å². The summed E-state index contributed by atoms with van der Waals surface area (Å²) in [5, 5.41) is 5.78. The number of benzene rings is 2. The largest absolute Gasteiger partial charge is 0.338 e. The Morgan fingerprint density at radius 1 is 1.00 bits per heavy atom. The number of halogens is 1. The van der Waals surface area contributed by atoms with Gasteiger partial charge in [-0.25, -0.2) is 9.18 Å². The second kappa shape index (κ2) is 8.76. The van der Waals surface area contributed by atoms with Gasteiger partial charge in [0.25, 0.3) is 0 Å². The molecule has 2 N–H and O–H groups in total. The first-order chi connectivity index (χ1) is 12.7. The molecule has 0 aliphatic rings. The monoisotopic (exact) mass is 349 g/mol. The minimum atomic E-state index is -0.341. The van der Waals surface area contributed by atoms with E-state index in [0.717, 1.165) is 16.8 Å². The van der Waals surface area contributed by atoms with E-state index in [1.54, 1.807) is 12.3 Å². The summed E-state index contributed by atoms with van der Waals surface area (Å²) >= 11 is 0. The predicted molar refractivity (Wildman–Crippen MR) is 99.2 cm³/mol. The van der Waals surface area contributed by atoms with E-state index in [9.17, 15) is 9.18 Å². The first kappa shape index (κ1) is 17.6. The molecule has 0 fully saturated rings. The van der Waals surface area contributed by atoms with Gasteiger partial charge in [0, 0.05) is 12.7 Å². The van der Waals surface area contributed by atoms with E-state index >= 15 is 0 Å². The Morgan fingerprint density at radius 3 is 2.54 bits per heavy atom. The summed E-state index contributed by atoms with van der Waals surface area (Å²) in [5.41, 5.74) is 2.56. The van der Waals surface area contributed by atoms with Gasteiger partial charge in [-0.15, -0.1) is 0 Å². The Kier molecular flexibility index (Phi) is 5.93. The first-order valence-electron chi connectivity index (χ1n) is 8.47. The minimum absolute atomic E-state index is 0.272. The number of hydrogen-bond acceptors (Lipinski definition) is 2. The summed E-state index contributed by atoms with van der Waals surface area (Å²) in [6, 6.07) is 21.0. The normalized spacial score (nSPS) is 11.6. The number of pyridine rings is 1. The molecule has 132 valence electrons. The topological polar surface area (TPSA) is 54.0 Å². The van der Waals surface area contributed by atoms with Crippen molar-refractivity contribution in [2.75, 3.05) is 6.54 Å². The van der Waals surface area contributed by atoms with Gasteiger partial charge in [0.05, 0.1) is 11.7 Å². The van der Waals surface area contributed by atoms with E-state index in [1.165, 1.54) is 12.1 Å². The van der Waals surface area contributed by atoms with Gasteiger partial charge in [0.15, 0.2) is 0 Å². The molecule has 0 saturated heterocycles. The van der Waals surface area contributed by atoms with Gasteiger partial charge in [-0.3, -0.25) is 4.98 Å². The van der Waals surface area contributed by atoms with Crippen LogP contribution in [0.2, 0.25) is 0 Å². The number of amides is 2. The van der Waals surface area contributed by atoms with E-state index < -0.39 is 0 Å². The summed E-state index contributed by atoms with van der Waals surface area (Å²) in [5.74, 6) is -0.272. The molecule has 3 aromatic rings. The van der Waals surface area contributed by atoms with Crippen molar-refractivity contribution < 1.29 is 9.18 Å². The van der Waals surface area contributed by atoms with Crippen molar-refractivity contribution in [1.29, 1.82) is 0 Å². The highest BCUT2D eigenvalue weighted by atomic mass is 19.1. The molecule has 2 amide bonds. The van der Waals surface area contributed by atoms with Gasteiger partial charge in [0.2, 0.25) is 0 Å². The van der Waals surface area contributed by atoms with Crippen LogP contribution in [0.5, 0.6) is 0 Å². The summed E-state index contributed by atoms with van der Waals surface area (Å²) in [6.07, 6.45) is 2.26. The molecule has 1 atom stereocenters. The summed E-state index contributed by atoms with van der Waals surface area (Å²) in [7, 11) is 0. The Balaban J connectivity index is 1.62. The zero-order chi connectivity index (χ0) is 18.2. The third-order valence-electron chi connectivity index (χ3n) is 3.98. The third-order valence-corrected chi connectivity index (χ3v) is 3.98. The van der Waals surface area contributed by atoms with Gasteiger partial charge in [-0.05, 0) is 41.8 Å². The fourth-order valence-electron chi connectivity index (χ4n) is 2.72. The molecule has 26 heavy (non-hydrogen) atoms. The number of aromatic nitrogens is 1. The van der Waals surface area contributed by atoms with Crippen LogP contribution in [0.25, 0.3) is 0 Å². The number of carbonyl (C=O) groups is 1. The highest BCUT2D eigenvalue weighted by molar-refractivity contribution is 5.75. The standard InChI is InChI=1S/C21H20FN3O/c22-18-10-6-7-16(15-18)12-14-24-21(26)25-20(17-8-2-1-3-9-17)19-11-4-5-13-23-19/h1-11,13,15,20H,12,14H2,(H2,24,25,26)/t20-/m1/s1. The second-order valence-corrected chi connectivity index (χ2v) is 5.88. The molecule has 0 saturated carbocycles. The molecule has 0 aliphatic carbocycles. The predicted octanol–water partition coefficient (Wildman–Crippen LogP) is 3.85. The second-order valence-electron chi connectivity index (χ2n) is 5.88. The summed E-state index contributed by atoms with van der Waals surface area (Å²) in [6.45, 7) is 0.416. The number of rotatable bonds is 6. The van der Waals surface area contributed by atoms with Crippen molar-refractivity contribution in [2.45, 2.75) is 12.5 Å². The molecule has 1 aromatic heterocycles. The molecule has 0 aliphatic heterocycles. The number of urea groups is 1. The maximum atomic E-state index is 13.2. The van der Waals surface area contributed by atoms with Crippen LogP contribution in [0.15, 0.2) is 79.0 Å². The van der Waals surface area contributed by atoms with Gasteiger partial charge in [0.1, 0.15) is 5.82 Å².